The zero-order valence-electron chi connectivity index (χ0n) is 11.4. The van der Waals surface area contributed by atoms with Gasteiger partial charge in [-0.1, -0.05) is 0 Å². The number of H-pyrrole nitrogens is 1. The topological polar surface area (TPSA) is 124 Å². The van der Waals surface area contributed by atoms with E-state index < -0.39 is 22.0 Å². The third kappa shape index (κ3) is 3.14. The maximum absolute atomic E-state index is 12.0. The second-order valence-corrected chi connectivity index (χ2v) is 6.75. The number of amides is 1. The summed E-state index contributed by atoms with van der Waals surface area (Å²) in [6.07, 6.45) is -2.16. The van der Waals surface area contributed by atoms with E-state index in [0.29, 0.717) is 11.0 Å². The second-order valence-electron chi connectivity index (χ2n) is 4.71. The number of aliphatic hydroxyl groups is 1. The molecule has 9 heteroatoms. The first-order valence-electron chi connectivity index (χ1n) is 6.08. The molecule has 0 bridgehead atoms. The number of benzene rings is 1. The van der Waals surface area contributed by atoms with Crippen LogP contribution in [0, 0.1) is 0 Å². The Bertz CT molecular complexity index is 781. The molecule has 21 heavy (non-hydrogen) atoms. The molecule has 1 amide bonds. The fourth-order valence-corrected chi connectivity index (χ4v) is 3.23. The van der Waals surface area contributed by atoms with Crippen LogP contribution in [0.15, 0.2) is 23.1 Å². The van der Waals surface area contributed by atoms with Crippen LogP contribution >= 0.6 is 0 Å². The van der Waals surface area contributed by atoms with E-state index in [0.717, 1.165) is 4.90 Å². The maximum atomic E-state index is 12.0. The van der Waals surface area contributed by atoms with E-state index in [1.54, 1.807) is 0 Å². The van der Waals surface area contributed by atoms with Gasteiger partial charge >= 0.3 is 6.09 Å². The number of hydrogen-bond acceptors (Lipinski definition) is 5. The summed E-state index contributed by atoms with van der Waals surface area (Å²) < 4.78 is 24.1. The summed E-state index contributed by atoms with van der Waals surface area (Å²) in [4.78, 5) is 18.6. The average Bonchev–Trinajstić information content (AvgIpc) is 2.78. The van der Waals surface area contributed by atoms with Crippen LogP contribution in [0.3, 0.4) is 0 Å². The minimum absolute atomic E-state index is 0.0454. The van der Waals surface area contributed by atoms with Crippen LogP contribution in [0.25, 0.3) is 11.0 Å². The van der Waals surface area contributed by atoms with Crippen LogP contribution in [-0.4, -0.2) is 53.6 Å². The summed E-state index contributed by atoms with van der Waals surface area (Å²) in [5, 5.41) is 18.1. The number of anilines is 1. The number of nitrogens with zero attached hydrogens (tertiary/aromatic N) is 2. The minimum Gasteiger partial charge on any atom is -0.465 e. The highest BCUT2D eigenvalue weighted by Gasteiger charge is 2.19. The lowest BCUT2D eigenvalue weighted by Crippen LogP contribution is -2.24. The molecule has 3 N–H and O–H groups in total. The van der Waals surface area contributed by atoms with Crippen molar-refractivity contribution in [3.05, 3.63) is 18.2 Å². The smallest absolute Gasteiger partial charge is 0.413 e. The maximum Gasteiger partial charge on any atom is 0.413 e. The third-order valence-electron chi connectivity index (χ3n) is 2.87. The number of carbonyl (C=O) groups is 1. The van der Waals surface area contributed by atoms with Gasteiger partial charge in [0, 0.05) is 7.05 Å². The Morgan fingerprint density at radius 2 is 2.14 bits per heavy atom. The molecule has 8 nitrogen and oxygen atoms in total. The number of carboxylic acid groups (broad SMARTS) is 1. The van der Waals surface area contributed by atoms with E-state index in [1.807, 2.05) is 0 Å². The number of aromatic nitrogens is 2. The zero-order valence-corrected chi connectivity index (χ0v) is 12.3. The molecule has 2 rings (SSSR count). The summed E-state index contributed by atoms with van der Waals surface area (Å²) in [7, 11) is -2.28. The van der Waals surface area contributed by atoms with E-state index in [1.165, 1.54) is 32.2 Å². The molecule has 0 fully saturated rings. The summed E-state index contributed by atoms with van der Waals surface area (Å²) in [5.41, 5.74) is 0.860. The molecular formula is C12H15N3O5S. The van der Waals surface area contributed by atoms with Crippen molar-refractivity contribution in [3.8, 4) is 0 Å². The van der Waals surface area contributed by atoms with Gasteiger partial charge in [0.05, 0.1) is 27.8 Å². The van der Waals surface area contributed by atoms with Crippen molar-refractivity contribution >= 4 is 32.9 Å². The first-order chi connectivity index (χ1) is 9.70. The van der Waals surface area contributed by atoms with Gasteiger partial charge in [0.15, 0.2) is 9.84 Å². The van der Waals surface area contributed by atoms with Crippen molar-refractivity contribution in [1.29, 1.82) is 0 Å². The number of nitrogens with one attached hydrogen (secondary N) is 1. The highest BCUT2D eigenvalue weighted by atomic mass is 32.2. The number of fused-ring (bicyclic) bond motifs is 1. The first-order valence-corrected chi connectivity index (χ1v) is 7.73. The van der Waals surface area contributed by atoms with E-state index in [4.69, 9.17) is 5.11 Å². The number of aliphatic hydroxyl groups excluding tert-OH is 1. The fourth-order valence-electron chi connectivity index (χ4n) is 1.83. The molecular weight excluding hydrogens is 298 g/mol. The van der Waals surface area contributed by atoms with E-state index in [9.17, 15) is 18.3 Å². The third-order valence-corrected chi connectivity index (χ3v) is 4.76. The Labute approximate surface area is 121 Å². The summed E-state index contributed by atoms with van der Waals surface area (Å²) in [5.74, 6) is -0.281. The number of rotatable bonds is 4. The molecule has 0 aliphatic heterocycles. The minimum atomic E-state index is -3.61. The van der Waals surface area contributed by atoms with E-state index in [-0.39, 0.29) is 16.6 Å². The molecule has 1 heterocycles. The fraction of sp³-hybridized carbons (Fsp3) is 0.333. The molecule has 2 aromatic rings. The molecule has 1 unspecified atom stereocenters. The van der Waals surface area contributed by atoms with Crippen molar-refractivity contribution in [2.75, 3.05) is 17.7 Å². The molecule has 0 aliphatic carbocycles. The van der Waals surface area contributed by atoms with Crippen LogP contribution in [0.5, 0.6) is 0 Å². The zero-order chi connectivity index (χ0) is 15.8. The lowest BCUT2D eigenvalue weighted by atomic mass is 10.3. The quantitative estimate of drug-likeness (QED) is 0.768. The Balaban J connectivity index is 2.45. The molecule has 1 aromatic carbocycles. The van der Waals surface area contributed by atoms with Gasteiger partial charge < -0.3 is 15.2 Å². The number of hydrogen-bond donors (Lipinski definition) is 3. The van der Waals surface area contributed by atoms with Crippen molar-refractivity contribution in [2.45, 2.75) is 17.9 Å². The molecule has 0 aliphatic rings. The van der Waals surface area contributed by atoms with Crippen LogP contribution in [-0.2, 0) is 9.84 Å². The van der Waals surface area contributed by atoms with Gasteiger partial charge in [0.25, 0.3) is 0 Å². The average molecular weight is 313 g/mol. The largest absolute Gasteiger partial charge is 0.465 e. The van der Waals surface area contributed by atoms with Gasteiger partial charge in [-0.3, -0.25) is 4.90 Å². The number of aromatic amines is 1. The molecule has 0 spiro atoms. The highest BCUT2D eigenvalue weighted by Crippen LogP contribution is 2.21. The molecule has 114 valence electrons. The SMILES string of the molecule is CC(O)CS(=O)(=O)c1ccc2nc(N(C)C(=O)O)[nH]c2c1. The van der Waals surface area contributed by atoms with Crippen molar-refractivity contribution in [1.82, 2.24) is 9.97 Å². The van der Waals surface area contributed by atoms with Crippen molar-refractivity contribution in [2.24, 2.45) is 0 Å². The van der Waals surface area contributed by atoms with Gasteiger partial charge in [0.1, 0.15) is 0 Å². The molecule has 1 aromatic heterocycles. The summed E-state index contributed by atoms with van der Waals surface area (Å²) >= 11 is 0. The van der Waals surface area contributed by atoms with Crippen molar-refractivity contribution in [3.63, 3.8) is 0 Å². The Morgan fingerprint density at radius 3 is 2.71 bits per heavy atom. The van der Waals surface area contributed by atoms with Gasteiger partial charge in [0.2, 0.25) is 5.95 Å². The van der Waals surface area contributed by atoms with Gasteiger partial charge in [-0.15, -0.1) is 0 Å². The van der Waals surface area contributed by atoms with Gasteiger partial charge in [-0.2, -0.15) is 0 Å². The molecule has 0 saturated heterocycles. The lowest BCUT2D eigenvalue weighted by Gasteiger charge is -2.07. The van der Waals surface area contributed by atoms with E-state index in [2.05, 4.69) is 9.97 Å². The van der Waals surface area contributed by atoms with Crippen LogP contribution in [0.4, 0.5) is 10.7 Å². The predicted molar refractivity (Wildman–Crippen MR) is 76.3 cm³/mol. The Morgan fingerprint density at radius 1 is 1.48 bits per heavy atom. The Hall–Kier alpha value is -2.13. The highest BCUT2D eigenvalue weighted by molar-refractivity contribution is 7.91. The normalized spacial score (nSPS) is 13.3. The first kappa shape index (κ1) is 15.3. The molecule has 0 radical (unpaired) electrons. The summed E-state index contributed by atoms with van der Waals surface area (Å²) in [6.45, 7) is 1.40. The lowest BCUT2D eigenvalue weighted by molar-refractivity contribution is 0.203. The second kappa shape index (κ2) is 5.34. The van der Waals surface area contributed by atoms with E-state index >= 15 is 0 Å². The van der Waals surface area contributed by atoms with Gasteiger partial charge in [-0.25, -0.2) is 18.2 Å². The van der Waals surface area contributed by atoms with Crippen molar-refractivity contribution < 1.29 is 23.4 Å². The van der Waals surface area contributed by atoms with Crippen LogP contribution in [0.2, 0.25) is 0 Å². The van der Waals surface area contributed by atoms with Crippen LogP contribution < -0.4 is 4.90 Å². The predicted octanol–water partition coefficient (Wildman–Crippen LogP) is 0.832. The standard InChI is InChI=1S/C12H15N3O5S/c1-7(16)6-21(19,20)8-3-4-9-10(5-8)14-11(13-9)15(2)12(17)18/h3-5,7,16H,6H2,1-2H3,(H,13,14)(H,17,18). The Kier molecular flexibility index (Phi) is 3.88. The van der Waals surface area contributed by atoms with Gasteiger partial charge in [-0.05, 0) is 25.1 Å². The number of imidazole rings is 1. The number of sulfone groups is 1. The monoisotopic (exact) mass is 313 g/mol. The summed E-state index contributed by atoms with van der Waals surface area (Å²) in [6, 6.07) is 4.24. The molecule has 0 saturated carbocycles. The van der Waals surface area contributed by atoms with Crippen LogP contribution in [0.1, 0.15) is 6.92 Å². The molecule has 1 atom stereocenters.